The molecule has 2 amide bonds. The van der Waals surface area contributed by atoms with Crippen molar-refractivity contribution in [2.24, 2.45) is 0 Å². The summed E-state index contributed by atoms with van der Waals surface area (Å²) in [5, 5.41) is 2.89. The monoisotopic (exact) mass is 314 g/mol. The van der Waals surface area contributed by atoms with Crippen LogP contribution < -0.4 is 5.32 Å². The van der Waals surface area contributed by atoms with Gasteiger partial charge in [-0.2, -0.15) is 0 Å². The van der Waals surface area contributed by atoms with Crippen molar-refractivity contribution in [3.63, 3.8) is 0 Å². The molecule has 0 spiro atoms. The van der Waals surface area contributed by atoms with Gasteiger partial charge in [0.1, 0.15) is 5.52 Å². The van der Waals surface area contributed by atoms with E-state index < -0.39 is 0 Å². The molecule has 6 nitrogen and oxygen atoms in total. The van der Waals surface area contributed by atoms with E-state index in [-0.39, 0.29) is 12.1 Å². The maximum Gasteiger partial charge on any atom is 0.317 e. The van der Waals surface area contributed by atoms with Crippen LogP contribution in [0, 0.1) is 0 Å². The Hall–Kier alpha value is -2.08. The Balaban J connectivity index is 1.42. The second kappa shape index (κ2) is 5.85. The number of carbonyl (C=O) groups excluding carboxylic acids is 1. The van der Waals surface area contributed by atoms with E-state index in [1.54, 1.807) is 0 Å². The van der Waals surface area contributed by atoms with Crippen molar-refractivity contribution >= 4 is 17.1 Å². The van der Waals surface area contributed by atoms with Gasteiger partial charge in [-0.3, -0.25) is 4.90 Å². The molecule has 0 saturated carbocycles. The fourth-order valence-electron chi connectivity index (χ4n) is 3.64. The van der Waals surface area contributed by atoms with Crippen molar-refractivity contribution in [1.82, 2.24) is 20.1 Å². The summed E-state index contributed by atoms with van der Waals surface area (Å²) < 4.78 is 5.90. The van der Waals surface area contributed by atoms with Crippen LogP contribution in [0.4, 0.5) is 4.79 Å². The third-order valence-corrected chi connectivity index (χ3v) is 5.05. The number of hydrogen-bond acceptors (Lipinski definition) is 4. The molecule has 6 heteroatoms. The first-order valence-corrected chi connectivity index (χ1v) is 8.36. The molecule has 2 fully saturated rings. The number of rotatable bonds is 3. The number of oxazole rings is 1. The molecule has 0 bridgehead atoms. The summed E-state index contributed by atoms with van der Waals surface area (Å²) in [4.78, 5) is 20.8. The third kappa shape index (κ3) is 2.67. The summed E-state index contributed by atoms with van der Waals surface area (Å²) in [6, 6.07) is 8.50. The molecule has 2 aliphatic heterocycles. The highest BCUT2D eigenvalue weighted by atomic mass is 16.3. The molecule has 122 valence electrons. The summed E-state index contributed by atoms with van der Waals surface area (Å²) in [5.74, 6) is 0.781. The standard InChI is InChI=1S/C17H22N4O2/c1-12(16-19-14-4-2-3-5-15(14)23-16)20-9-6-13(7-10-20)21-11-8-18-17(21)22/h2-5,12-13H,6-11H2,1H3,(H,18,22). The Labute approximate surface area is 135 Å². The van der Waals surface area contributed by atoms with E-state index in [0.29, 0.717) is 6.04 Å². The van der Waals surface area contributed by atoms with Crippen molar-refractivity contribution in [2.45, 2.75) is 31.8 Å². The zero-order valence-electron chi connectivity index (χ0n) is 13.4. The number of fused-ring (bicyclic) bond motifs is 1. The minimum Gasteiger partial charge on any atom is -0.439 e. The van der Waals surface area contributed by atoms with Crippen LogP contribution in [0.1, 0.15) is 31.7 Å². The maximum atomic E-state index is 11.8. The fraction of sp³-hybridized carbons (Fsp3) is 0.529. The largest absolute Gasteiger partial charge is 0.439 e. The number of para-hydroxylation sites is 2. The van der Waals surface area contributed by atoms with Gasteiger partial charge in [0.05, 0.1) is 6.04 Å². The fourth-order valence-corrected chi connectivity index (χ4v) is 3.64. The van der Waals surface area contributed by atoms with E-state index in [1.165, 1.54) is 0 Å². The Morgan fingerprint density at radius 3 is 2.74 bits per heavy atom. The average molecular weight is 314 g/mol. The molecule has 3 heterocycles. The first-order chi connectivity index (χ1) is 11.2. The van der Waals surface area contributed by atoms with Crippen LogP contribution in [-0.2, 0) is 0 Å². The number of benzene rings is 1. The summed E-state index contributed by atoms with van der Waals surface area (Å²) in [6.07, 6.45) is 2.02. The second-order valence-corrected chi connectivity index (χ2v) is 6.39. The van der Waals surface area contributed by atoms with Gasteiger partial charge >= 0.3 is 6.03 Å². The lowest BCUT2D eigenvalue weighted by Crippen LogP contribution is -2.46. The number of hydrogen-bond donors (Lipinski definition) is 1. The van der Waals surface area contributed by atoms with E-state index in [9.17, 15) is 4.79 Å². The third-order valence-electron chi connectivity index (χ3n) is 5.05. The van der Waals surface area contributed by atoms with Crippen LogP contribution in [0.5, 0.6) is 0 Å². The van der Waals surface area contributed by atoms with Crippen LogP contribution in [0.25, 0.3) is 11.1 Å². The lowest BCUT2D eigenvalue weighted by Gasteiger charge is -2.38. The Kier molecular flexibility index (Phi) is 3.69. The Morgan fingerprint density at radius 2 is 2.04 bits per heavy atom. The molecular formula is C17H22N4O2. The molecule has 1 atom stereocenters. The molecule has 4 rings (SSSR count). The maximum absolute atomic E-state index is 11.8. The lowest BCUT2D eigenvalue weighted by atomic mass is 10.0. The molecule has 0 radical (unpaired) electrons. The van der Waals surface area contributed by atoms with Crippen molar-refractivity contribution in [2.75, 3.05) is 26.2 Å². The zero-order chi connectivity index (χ0) is 15.8. The highest BCUT2D eigenvalue weighted by Crippen LogP contribution is 2.28. The highest BCUT2D eigenvalue weighted by Gasteiger charge is 2.32. The van der Waals surface area contributed by atoms with E-state index in [4.69, 9.17) is 4.42 Å². The molecule has 23 heavy (non-hydrogen) atoms. The van der Waals surface area contributed by atoms with Crippen LogP contribution in [0.2, 0.25) is 0 Å². The van der Waals surface area contributed by atoms with E-state index in [0.717, 1.165) is 56.0 Å². The smallest absolute Gasteiger partial charge is 0.317 e. The van der Waals surface area contributed by atoms with Gasteiger partial charge in [-0.1, -0.05) is 12.1 Å². The minimum atomic E-state index is 0.0930. The first kappa shape index (κ1) is 14.5. The molecule has 2 saturated heterocycles. The van der Waals surface area contributed by atoms with Crippen molar-refractivity contribution in [3.05, 3.63) is 30.2 Å². The van der Waals surface area contributed by atoms with Crippen LogP contribution in [-0.4, -0.2) is 53.0 Å². The predicted molar refractivity (Wildman–Crippen MR) is 87.1 cm³/mol. The van der Waals surface area contributed by atoms with Gasteiger partial charge in [-0.25, -0.2) is 9.78 Å². The zero-order valence-corrected chi connectivity index (χ0v) is 13.4. The molecule has 1 aromatic heterocycles. The van der Waals surface area contributed by atoms with Crippen molar-refractivity contribution in [3.8, 4) is 0 Å². The topological polar surface area (TPSA) is 61.6 Å². The van der Waals surface area contributed by atoms with E-state index >= 15 is 0 Å². The number of nitrogens with zero attached hydrogens (tertiary/aromatic N) is 3. The lowest BCUT2D eigenvalue weighted by molar-refractivity contribution is 0.102. The molecule has 2 aromatic rings. The van der Waals surface area contributed by atoms with Gasteiger partial charge in [0.15, 0.2) is 5.58 Å². The van der Waals surface area contributed by atoms with Gasteiger partial charge in [-0.05, 0) is 31.9 Å². The number of nitrogens with one attached hydrogen (secondary N) is 1. The highest BCUT2D eigenvalue weighted by molar-refractivity contribution is 5.76. The number of amides is 2. The van der Waals surface area contributed by atoms with E-state index in [1.807, 2.05) is 29.2 Å². The summed E-state index contributed by atoms with van der Waals surface area (Å²) in [6.45, 7) is 5.69. The first-order valence-electron chi connectivity index (χ1n) is 8.36. The summed E-state index contributed by atoms with van der Waals surface area (Å²) >= 11 is 0. The van der Waals surface area contributed by atoms with Crippen molar-refractivity contribution in [1.29, 1.82) is 0 Å². The molecule has 1 unspecified atom stereocenters. The van der Waals surface area contributed by atoms with Crippen LogP contribution in [0.3, 0.4) is 0 Å². The SMILES string of the molecule is CC(c1nc2ccccc2o1)N1CCC(N2CCNC2=O)CC1. The van der Waals surface area contributed by atoms with Gasteiger partial charge in [0.25, 0.3) is 0 Å². The van der Waals surface area contributed by atoms with Crippen LogP contribution >= 0.6 is 0 Å². The number of carbonyl (C=O) groups is 1. The van der Waals surface area contributed by atoms with E-state index in [2.05, 4.69) is 22.1 Å². The Bertz CT molecular complexity index is 672. The normalized spacial score (nSPS) is 21.8. The average Bonchev–Trinajstić information content (AvgIpc) is 3.20. The number of likely N-dealkylation sites (tertiary alicyclic amines) is 1. The molecule has 1 N–H and O–H groups in total. The van der Waals surface area contributed by atoms with Crippen LogP contribution in [0.15, 0.2) is 28.7 Å². The number of aromatic nitrogens is 1. The number of urea groups is 1. The summed E-state index contributed by atoms with van der Waals surface area (Å²) in [7, 11) is 0. The minimum absolute atomic E-state index is 0.0930. The summed E-state index contributed by atoms with van der Waals surface area (Å²) in [5.41, 5.74) is 1.76. The quantitative estimate of drug-likeness (QED) is 0.945. The van der Waals surface area contributed by atoms with Crippen molar-refractivity contribution < 1.29 is 9.21 Å². The van der Waals surface area contributed by atoms with Gasteiger partial charge < -0.3 is 14.6 Å². The molecule has 2 aliphatic rings. The Morgan fingerprint density at radius 1 is 1.26 bits per heavy atom. The number of piperidine rings is 1. The predicted octanol–water partition coefficient (Wildman–Crippen LogP) is 2.38. The second-order valence-electron chi connectivity index (χ2n) is 6.39. The van der Waals surface area contributed by atoms with Gasteiger partial charge in [0.2, 0.25) is 5.89 Å². The molecule has 0 aliphatic carbocycles. The molecular weight excluding hydrogens is 292 g/mol. The molecule has 1 aromatic carbocycles. The van der Waals surface area contributed by atoms with Gasteiger partial charge in [-0.15, -0.1) is 0 Å². The van der Waals surface area contributed by atoms with Gasteiger partial charge in [0, 0.05) is 32.2 Å².